The molecular formula is C10H17NO. The molecule has 0 radical (unpaired) electrons. The predicted molar refractivity (Wildman–Crippen MR) is 46.8 cm³/mol. The summed E-state index contributed by atoms with van der Waals surface area (Å²) in [7, 11) is 0. The average Bonchev–Trinajstić information content (AvgIpc) is 2.52. The molecule has 2 heteroatoms. The normalized spacial score (nSPS) is 48.2. The molecule has 3 aliphatic rings. The summed E-state index contributed by atoms with van der Waals surface area (Å²) in [5.74, 6) is 1.70. The van der Waals surface area contributed by atoms with Crippen molar-refractivity contribution in [2.75, 3.05) is 13.2 Å². The number of hydrogen-bond donors (Lipinski definition) is 2. The zero-order valence-electron chi connectivity index (χ0n) is 7.42. The van der Waals surface area contributed by atoms with Crippen molar-refractivity contribution in [2.24, 2.45) is 17.3 Å². The molecule has 0 amide bonds. The first-order chi connectivity index (χ1) is 5.83. The zero-order chi connectivity index (χ0) is 8.18. The van der Waals surface area contributed by atoms with Gasteiger partial charge in [0.15, 0.2) is 0 Å². The van der Waals surface area contributed by atoms with Crippen molar-refractivity contribution >= 4 is 0 Å². The molecule has 2 nitrogen and oxygen atoms in total. The van der Waals surface area contributed by atoms with Gasteiger partial charge >= 0.3 is 0 Å². The van der Waals surface area contributed by atoms with Gasteiger partial charge in [-0.05, 0) is 49.5 Å². The van der Waals surface area contributed by atoms with Crippen LogP contribution in [0, 0.1) is 17.3 Å². The minimum Gasteiger partial charge on any atom is -0.395 e. The lowest BCUT2D eigenvalue weighted by Gasteiger charge is -2.15. The van der Waals surface area contributed by atoms with Crippen LogP contribution in [0.4, 0.5) is 0 Å². The molecular weight excluding hydrogens is 150 g/mol. The second kappa shape index (κ2) is 2.24. The summed E-state index contributed by atoms with van der Waals surface area (Å²) < 4.78 is 0. The first-order valence-electron chi connectivity index (χ1n) is 5.17. The lowest BCUT2D eigenvalue weighted by molar-refractivity contribution is 0.219. The van der Waals surface area contributed by atoms with Crippen LogP contribution in [-0.4, -0.2) is 24.3 Å². The molecule has 12 heavy (non-hydrogen) atoms. The Bertz CT molecular complexity index is 200. The van der Waals surface area contributed by atoms with Gasteiger partial charge in [-0.25, -0.2) is 0 Å². The van der Waals surface area contributed by atoms with E-state index in [1.54, 1.807) is 0 Å². The van der Waals surface area contributed by atoms with E-state index in [1.807, 2.05) is 0 Å². The summed E-state index contributed by atoms with van der Waals surface area (Å²) in [5.41, 5.74) is 0.769. The number of rotatable bonds is 1. The fourth-order valence-electron chi connectivity index (χ4n) is 3.39. The quantitative estimate of drug-likeness (QED) is 0.604. The van der Waals surface area contributed by atoms with Gasteiger partial charge < -0.3 is 10.4 Å². The Kier molecular flexibility index (Phi) is 1.37. The number of hydrogen-bond acceptors (Lipinski definition) is 2. The van der Waals surface area contributed by atoms with E-state index in [4.69, 9.17) is 5.11 Å². The highest BCUT2D eigenvalue weighted by molar-refractivity contribution is 5.08. The van der Waals surface area contributed by atoms with Gasteiger partial charge in [-0.15, -0.1) is 0 Å². The molecule has 2 N–H and O–H groups in total. The standard InChI is InChI=1S/C10H17NO/c12-6-9-8-4-10(1-2-10)3-7(8)5-11-9/h7-9,11-12H,1-6H2/t7-,8?,9?/m0/s1. The van der Waals surface area contributed by atoms with Gasteiger partial charge in [0, 0.05) is 6.04 Å². The van der Waals surface area contributed by atoms with Crippen molar-refractivity contribution in [3.63, 3.8) is 0 Å². The lowest BCUT2D eigenvalue weighted by atomic mass is 9.94. The van der Waals surface area contributed by atoms with Crippen LogP contribution in [-0.2, 0) is 0 Å². The Balaban J connectivity index is 1.76. The first-order valence-corrected chi connectivity index (χ1v) is 5.17. The maximum absolute atomic E-state index is 9.14. The van der Waals surface area contributed by atoms with Gasteiger partial charge in [0.05, 0.1) is 6.61 Å². The molecule has 2 aliphatic carbocycles. The van der Waals surface area contributed by atoms with E-state index in [0.717, 1.165) is 23.8 Å². The highest BCUT2D eigenvalue weighted by Crippen LogP contribution is 2.62. The smallest absolute Gasteiger partial charge is 0.0587 e. The minimum absolute atomic E-state index is 0.344. The molecule has 3 atom stereocenters. The van der Waals surface area contributed by atoms with Crippen molar-refractivity contribution in [1.29, 1.82) is 0 Å². The average molecular weight is 167 g/mol. The predicted octanol–water partition coefficient (Wildman–Crippen LogP) is 0.757. The third-order valence-corrected chi connectivity index (χ3v) is 4.28. The molecule has 0 aromatic rings. The number of fused-ring (bicyclic) bond motifs is 1. The van der Waals surface area contributed by atoms with Gasteiger partial charge in [-0.1, -0.05) is 0 Å². The van der Waals surface area contributed by atoms with Crippen LogP contribution in [0.3, 0.4) is 0 Å². The summed E-state index contributed by atoms with van der Waals surface area (Å²) in [6, 6.07) is 0.426. The van der Waals surface area contributed by atoms with Crippen LogP contribution in [0.1, 0.15) is 25.7 Å². The fraction of sp³-hybridized carbons (Fsp3) is 1.00. The van der Waals surface area contributed by atoms with E-state index in [2.05, 4.69) is 5.32 Å². The summed E-state index contributed by atoms with van der Waals surface area (Å²) >= 11 is 0. The molecule has 68 valence electrons. The van der Waals surface area contributed by atoms with Crippen molar-refractivity contribution < 1.29 is 5.11 Å². The van der Waals surface area contributed by atoms with Gasteiger partial charge in [-0.2, -0.15) is 0 Å². The highest BCUT2D eigenvalue weighted by atomic mass is 16.3. The van der Waals surface area contributed by atoms with Gasteiger partial charge in [-0.3, -0.25) is 0 Å². The Morgan fingerprint density at radius 3 is 2.83 bits per heavy atom. The maximum atomic E-state index is 9.14. The Morgan fingerprint density at radius 1 is 1.33 bits per heavy atom. The second-order valence-corrected chi connectivity index (χ2v) is 5.03. The molecule has 0 aromatic heterocycles. The Morgan fingerprint density at radius 2 is 2.17 bits per heavy atom. The van der Waals surface area contributed by atoms with Gasteiger partial charge in [0.2, 0.25) is 0 Å². The summed E-state index contributed by atoms with van der Waals surface area (Å²) in [6.07, 6.45) is 5.79. The number of nitrogens with one attached hydrogen (secondary N) is 1. The lowest BCUT2D eigenvalue weighted by Crippen LogP contribution is -2.31. The summed E-state index contributed by atoms with van der Waals surface area (Å²) in [5, 5.41) is 12.6. The van der Waals surface area contributed by atoms with E-state index < -0.39 is 0 Å². The minimum atomic E-state index is 0.344. The van der Waals surface area contributed by atoms with Gasteiger partial charge in [0.25, 0.3) is 0 Å². The highest BCUT2D eigenvalue weighted by Gasteiger charge is 2.55. The fourth-order valence-corrected chi connectivity index (χ4v) is 3.39. The largest absolute Gasteiger partial charge is 0.395 e. The van der Waals surface area contributed by atoms with Crippen LogP contribution < -0.4 is 5.32 Å². The third kappa shape index (κ3) is 0.882. The number of aliphatic hydroxyl groups excluding tert-OH is 1. The molecule has 3 fully saturated rings. The number of aliphatic hydroxyl groups is 1. The molecule has 0 bridgehead atoms. The molecule has 1 saturated heterocycles. The Labute approximate surface area is 73.4 Å². The second-order valence-electron chi connectivity index (χ2n) is 5.03. The topological polar surface area (TPSA) is 32.3 Å². The molecule has 1 spiro atoms. The zero-order valence-corrected chi connectivity index (χ0v) is 7.42. The van der Waals surface area contributed by atoms with E-state index in [0.29, 0.717) is 12.6 Å². The third-order valence-electron chi connectivity index (χ3n) is 4.28. The molecule has 3 rings (SSSR count). The molecule has 2 saturated carbocycles. The molecule has 1 aliphatic heterocycles. The van der Waals surface area contributed by atoms with Gasteiger partial charge in [0.1, 0.15) is 0 Å². The van der Waals surface area contributed by atoms with E-state index in [1.165, 1.54) is 25.7 Å². The van der Waals surface area contributed by atoms with Crippen molar-refractivity contribution in [1.82, 2.24) is 5.32 Å². The van der Waals surface area contributed by atoms with E-state index in [9.17, 15) is 0 Å². The monoisotopic (exact) mass is 167 g/mol. The maximum Gasteiger partial charge on any atom is 0.0587 e. The SMILES string of the molecule is OCC1NC[C@@H]2CC3(CC3)CC12. The van der Waals surface area contributed by atoms with Crippen molar-refractivity contribution in [2.45, 2.75) is 31.7 Å². The van der Waals surface area contributed by atoms with E-state index >= 15 is 0 Å². The van der Waals surface area contributed by atoms with Crippen LogP contribution in [0.15, 0.2) is 0 Å². The first kappa shape index (κ1) is 7.34. The molecule has 1 heterocycles. The Hall–Kier alpha value is -0.0800. The molecule has 2 unspecified atom stereocenters. The van der Waals surface area contributed by atoms with Crippen molar-refractivity contribution in [3.05, 3.63) is 0 Å². The van der Waals surface area contributed by atoms with Crippen LogP contribution in [0.5, 0.6) is 0 Å². The van der Waals surface area contributed by atoms with E-state index in [-0.39, 0.29) is 0 Å². The molecule has 0 aromatic carbocycles. The van der Waals surface area contributed by atoms with Crippen LogP contribution in [0.25, 0.3) is 0 Å². The summed E-state index contributed by atoms with van der Waals surface area (Å²) in [6.45, 7) is 1.51. The summed E-state index contributed by atoms with van der Waals surface area (Å²) in [4.78, 5) is 0. The van der Waals surface area contributed by atoms with Crippen molar-refractivity contribution in [3.8, 4) is 0 Å². The van der Waals surface area contributed by atoms with Crippen LogP contribution in [0.2, 0.25) is 0 Å². The van der Waals surface area contributed by atoms with Crippen LogP contribution >= 0.6 is 0 Å².